The van der Waals surface area contributed by atoms with Gasteiger partial charge < -0.3 is 15.5 Å². The Kier molecular flexibility index (Phi) is 2.39. The van der Waals surface area contributed by atoms with Gasteiger partial charge in [-0.25, -0.2) is 4.79 Å². The highest BCUT2D eigenvalue weighted by Crippen LogP contribution is 2.20. The van der Waals surface area contributed by atoms with Crippen molar-refractivity contribution >= 4 is 16.9 Å². The number of rotatable bonds is 2. The summed E-state index contributed by atoms with van der Waals surface area (Å²) in [5.41, 5.74) is 7.15. The Morgan fingerprint density at radius 3 is 3.13 bits per heavy atom. The molecule has 0 spiro atoms. The molecular weight excluding hydrogens is 194 g/mol. The van der Waals surface area contributed by atoms with Crippen LogP contribution in [0.2, 0.25) is 0 Å². The van der Waals surface area contributed by atoms with Crippen molar-refractivity contribution in [3.8, 4) is 0 Å². The zero-order valence-electron chi connectivity index (χ0n) is 8.23. The second-order valence-electron chi connectivity index (χ2n) is 3.14. The molecule has 15 heavy (non-hydrogen) atoms. The summed E-state index contributed by atoms with van der Waals surface area (Å²) in [7, 11) is 1.31. The summed E-state index contributed by atoms with van der Waals surface area (Å²) in [5, 5.41) is 0.843. The van der Waals surface area contributed by atoms with Gasteiger partial charge in [0.2, 0.25) is 0 Å². The van der Waals surface area contributed by atoms with Crippen LogP contribution in [0.1, 0.15) is 11.7 Å². The first-order valence-electron chi connectivity index (χ1n) is 4.49. The molecule has 0 saturated carbocycles. The van der Waals surface area contributed by atoms with Gasteiger partial charge >= 0.3 is 5.97 Å². The van der Waals surface area contributed by atoms with Crippen molar-refractivity contribution in [1.29, 1.82) is 0 Å². The standard InChI is InChI=1S/C10H11N3O2/c1-15-10(14)8(11)9-6-2-4-12-7(6)3-5-13-9/h2-5,8,12H,11H2,1H3/t8-/m1/s1. The third kappa shape index (κ3) is 1.57. The number of methoxy groups -OCH3 is 1. The first kappa shape index (κ1) is 9.67. The van der Waals surface area contributed by atoms with Crippen molar-refractivity contribution < 1.29 is 9.53 Å². The van der Waals surface area contributed by atoms with Crippen LogP contribution in [0.4, 0.5) is 0 Å². The molecule has 0 bridgehead atoms. The van der Waals surface area contributed by atoms with E-state index in [0.717, 1.165) is 10.9 Å². The van der Waals surface area contributed by atoms with Crippen LogP contribution in [-0.4, -0.2) is 23.0 Å². The summed E-state index contributed by atoms with van der Waals surface area (Å²) in [6.07, 6.45) is 3.39. The Labute approximate surface area is 86.3 Å². The minimum atomic E-state index is -0.838. The molecule has 2 aromatic heterocycles. The van der Waals surface area contributed by atoms with Gasteiger partial charge in [0, 0.05) is 23.3 Å². The van der Waals surface area contributed by atoms with E-state index in [1.54, 1.807) is 12.4 Å². The third-order valence-electron chi connectivity index (χ3n) is 2.26. The summed E-state index contributed by atoms with van der Waals surface area (Å²) in [6.45, 7) is 0. The van der Waals surface area contributed by atoms with Gasteiger partial charge in [-0.15, -0.1) is 0 Å². The first-order chi connectivity index (χ1) is 7.24. The molecule has 78 valence electrons. The molecule has 0 unspecified atom stereocenters. The number of aromatic amines is 1. The van der Waals surface area contributed by atoms with E-state index in [0.29, 0.717) is 5.69 Å². The highest BCUT2D eigenvalue weighted by molar-refractivity contribution is 5.87. The lowest BCUT2D eigenvalue weighted by Gasteiger charge is -2.09. The number of hydrogen-bond donors (Lipinski definition) is 2. The van der Waals surface area contributed by atoms with E-state index in [1.807, 2.05) is 12.1 Å². The van der Waals surface area contributed by atoms with Gasteiger partial charge in [0.05, 0.1) is 12.8 Å². The molecule has 5 heteroatoms. The van der Waals surface area contributed by atoms with E-state index in [9.17, 15) is 4.79 Å². The van der Waals surface area contributed by atoms with Crippen molar-refractivity contribution in [1.82, 2.24) is 9.97 Å². The first-order valence-corrected chi connectivity index (χ1v) is 4.49. The number of nitrogens with two attached hydrogens (primary N) is 1. The number of fused-ring (bicyclic) bond motifs is 1. The fourth-order valence-corrected chi connectivity index (χ4v) is 1.49. The number of esters is 1. The average molecular weight is 205 g/mol. The molecule has 1 atom stereocenters. The van der Waals surface area contributed by atoms with E-state index in [2.05, 4.69) is 14.7 Å². The fourth-order valence-electron chi connectivity index (χ4n) is 1.49. The molecule has 0 aliphatic heterocycles. The number of aromatic nitrogens is 2. The second kappa shape index (κ2) is 3.70. The van der Waals surface area contributed by atoms with Crippen LogP contribution in [0.3, 0.4) is 0 Å². The lowest BCUT2D eigenvalue weighted by atomic mass is 10.1. The van der Waals surface area contributed by atoms with Gasteiger partial charge in [-0.1, -0.05) is 0 Å². The number of H-pyrrole nitrogens is 1. The highest BCUT2D eigenvalue weighted by atomic mass is 16.5. The van der Waals surface area contributed by atoms with Gasteiger partial charge in [-0.3, -0.25) is 4.98 Å². The Bertz CT molecular complexity index is 492. The summed E-state index contributed by atoms with van der Waals surface area (Å²) in [4.78, 5) is 18.4. The smallest absolute Gasteiger partial charge is 0.328 e. The monoisotopic (exact) mass is 205 g/mol. The zero-order chi connectivity index (χ0) is 10.8. The summed E-state index contributed by atoms with van der Waals surface area (Å²) in [5.74, 6) is -0.490. The van der Waals surface area contributed by atoms with Gasteiger partial charge in [0.25, 0.3) is 0 Å². The number of carbonyl (C=O) groups excluding carboxylic acids is 1. The number of carbonyl (C=O) groups is 1. The van der Waals surface area contributed by atoms with Crippen LogP contribution in [0.15, 0.2) is 24.5 Å². The average Bonchev–Trinajstić information content (AvgIpc) is 2.74. The SMILES string of the molecule is COC(=O)[C@H](N)c1nccc2[nH]ccc12. The molecule has 0 radical (unpaired) electrons. The number of hydrogen-bond acceptors (Lipinski definition) is 4. The summed E-state index contributed by atoms with van der Waals surface area (Å²) >= 11 is 0. The van der Waals surface area contributed by atoms with Crippen molar-refractivity contribution in [2.24, 2.45) is 5.73 Å². The van der Waals surface area contributed by atoms with Gasteiger partial charge in [-0.2, -0.15) is 0 Å². The minimum absolute atomic E-state index is 0.490. The van der Waals surface area contributed by atoms with Crippen LogP contribution in [0.5, 0.6) is 0 Å². The van der Waals surface area contributed by atoms with Crippen LogP contribution in [0, 0.1) is 0 Å². The third-order valence-corrected chi connectivity index (χ3v) is 2.26. The van der Waals surface area contributed by atoms with Crippen molar-refractivity contribution in [2.45, 2.75) is 6.04 Å². The topological polar surface area (TPSA) is 81.0 Å². The van der Waals surface area contributed by atoms with E-state index in [1.165, 1.54) is 7.11 Å². The summed E-state index contributed by atoms with van der Waals surface area (Å²) in [6, 6.07) is 2.82. The Morgan fingerprint density at radius 2 is 2.40 bits per heavy atom. The highest BCUT2D eigenvalue weighted by Gasteiger charge is 2.20. The van der Waals surface area contributed by atoms with Gasteiger partial charge in [0.1, 0.15) is 6.04 Å². The largest absolute Gasteiger partial charge is 0.468 e. The Hall–Kier alpha value is -1.88. The normalized spacial score (nSPS) is 12.7. The molecule has 3 N–H and O–H groups in total. The molecule has 0 amide bonds. The predicted octanol–water partition coefficient (Wildman–Crippen LogP) is 0.736. The van der Waals surface area contributed by atoms with Crippen molar-refractivity contribution in [3.05, 3.63) is 30.2 Å². The van der Waals surface area contributed by atoms with Crippen LogP contribution >= 0.6 is 0 Å². The number of pyridine rings is 1. The lowest BCUT2D eigenvalue weighted by Crippen LogP contribution is -2.23. The van der Waals surface area contributed by atoms with E-state index in [-0.39, 0.29) is 0 Å². The number of nitrogens with zero attached hydrogens (tertiary/aromatic N) is 1. The molecule has 0 aromatic carbocycles. The van der Waals surface area contributed by atoms with Gasteiger partial charge in [0.15, 0.2) is 0 Å². The maximum Gasteiger partial charge on any atom is 0.328 e. The Morgan fingerprint density at radius 1 is 1.60 bits per heavy atom. The molecule has 0 fully saturated rings. The predicted molar refractivity (Wildman–Crippen MR) is 55.0 cm³/mol. The van der Waals surface area contributed by atoms with E-state index >= 15 is 0 Å². The molecule has 2 rings (SSSR count). The maximum absolute atomic E-state index is 11.3. The molecule has 5 nitrogen and oxygen atoms in total. The zero-order valence-corrected chi connectivity index (χ0v) is 8.23. The quantitative estimate of drug-likeness (QED) is 0.708. The molecule has 2 aromatic rings. The Balaban J connectivity index is 2.51. The van der Waals surface area contributed by atoms with Crippen LogP contribution in [-0.2, 0) is 9.53 Å². The van der Waals surface area contributed by atoms with Crippen LogP contribution < -0.4 is 5.73 Å². The van der Waals surface area contributed by atoms with Gasteiger partial charge in [-0.05, 0) is 12.1 Å². The fraction of sp³-hybridized carbons (Fsp3) is 0.200. The van der Waals surface area contributed by atoms with E-state index in [4.69, 9.17) is 5.73 Å². The molecule has 0 aliphatic rings. The summed E-state index contributed by atoms with van der Waals surface area (Å²) < 4.78 is 4.58. The lowest BCUT2D eigenvalue weighted by molar-refractivity contribution is -0.142. The molecule has 0 aliphatic carbocycles. The van der Waals surface area contributed by atoms with Crippen molar-refractivity contribution in [3.63, 3.8) is 0 Å². The molecular formula is C10H11N3O2. The maximum atomic E-state index is 11.3. The molecule has 2 heterocycles. The second-order valence-corrected chi connectivity index (χ2v) is 3.14. The number of nitrogens with one attached hydrogen (secondary N) is 1. The van der Waals surface area contributed by atoms with Crippen LogP contribution in [0.25, 0.3) is 10.9 Å². The van der Waals surface area contributed by atoms with E-state index < -0.39 is 12.0 Å². The number of ether oxygens (including phenoxy) is 1. The minimum Gasteiger partial charge on any atom is -0.468 e. The van der Waals surface area contributed by atoms with Crippen molar-refractivity contribution in [2.75, 3.05) is 7.11 Å². The molecule has 0 saturated heterocycles.